The number of rotatable bonds is 3. The van der Waals surface area contributed by atoms with Gasteiger partial charge in [-0.05, 0) is 28.7 Å². The molecule has 0 saturated carbocycles. The van der Waals surface area contributed by atoms with Gasteiger partial charge in [0.15, 0.2) is 0 Å². The van der Waals surface area contributed by atoms with Gasteiger partial charge in [-0.25, -0.2) is 0 Å². The maximum atomic E-state index is 11.9. The summed E-state index contributed by atoms with van der Waals surface area (Å²) in [5.74, 6) is -0.423. The van der Waals surface area contributed by atoms with Crippen LogP contribution in [0.2, 0.25) is 0 Å². The van der Waals surface area contributed by atoms with Gasteiger partial charge in [0.1, 0.15) is 0 Å². The van der Waals surface area contributed by atoms with Crippen LogP contribution < -0.4 is 5.32 Å². The SMILES string of the molecule is C=CC(=O)NCC(=O)N1CCn2ncc(I)c2C1. The lowest BCUT2D eigenvalue weighted by Crippen LogP contribution is -2.43. The van der Waals surface area contributed by atoms with Crippen molar-refractivity contribution in [3.05, 3.63) is 28.1 Å². The van der Waals surface area contributed by atoms with Crippen molar-refractivity contribution in [1.82, 2.24) is 20.0 Å². The van der Waals surface area contributed by atoms with E-state index >= 15 is 0 Å². The molecule has 1 aliphatic rings. The normalized spacial score (nSPS) is 13.9. The quantitative estimate of drug-likeness (QED) is 0.616. The van der Waals surface area contributed by atoms with Crippen molar-refractivity contribution in [2.75, 3.05) is 13.1 Å². The number of hydrogen-bond donors (Lipinski definition) is 1. The van der Waals surface area contributed by atoms with Gasteiger partial charge >= 0.3 is 0 Å². The fourth-order valence-corrected chi connectivity index (χ4v) is 2.35. The van der Waals surface area contributed by atoms with Gasteiger partial charge in [0.05, 0.1) is 35.1 Å². The highest BCUT2D eigenvalue weighted by Crippen LogP contribution is 2.17. The van der Waals surface area contributed by atoms with Gasteiger partial charge in [-0.2, -0.15) is 5.10 Å². The standard InChI is InChI=1S/C11H13IN4O2/c1-2-10(17)13-6-11(18)15-3-4-16-9(7-15)8(12)5-14-16/h2,5H,1,3-4,6-7H2,(H,13,17). The summed E-state index contributed by atoms with van der Waals surface area (Å²) in [4.78, 5) is 24.6. The molecular formula is C11H13IN4O2. The number of fused-ring (bicyclic) bond motifs is 1. The van der Waals surface area contributed by atoms with Crippen LogP contribution in [0, 0.1) is 3.57 Å². The number of halogens is 1. The molecule has 1 aliphatic heterocycles. The number of amides is 2. The molecule has 96 valence electrons. The number of hydrogen-bond acceptors (Lipinski definition) is 3. The highest BCUT2D eigenvalue weighted by Gasteiger charge is 2.22. The predicted octanol–water partition coefficient (Wildman–Crippen LogP) is 0.132. The second-order valence-corrected chi connectivity index (χ2v) is 5.06. The van der Waals surface area contributed by atoms with Gasteiger partial charge < -0.3 is 10.2 Å². The van der Waals surface area contributed by atoms with Gasteiger partial charge in [0, 0.05) is 6.54 Å². The molecule has 0 aromatic carbocycles. The molecule has 1 aromatic rings. The van der Waals surface area contributed by atoms with Crippen LogP contribution in [0.1, 0.15) is 5.69 Å². The minimum atomic E-state index is -0.333. The molecule has 0 unspecified atom stereocenters. The molecule has 0 spiro atoms. The molecule has 0 radical (unpaired) electrons. The molecule has 0 saturated heterocycles. The van der Waals surface area contributed by atoms with Crippen LogP contribution in [0.15, 0.2) is 18.9 Å². The first-order chi connectivity index (χ1) is 8.61. The lowest BCUT2D eigenvalue weighted by Gasteiger charge is -2.28. The summed E-state index contributed by atoms with van der Waals surface area (Å²) in [5.41, 5.74) is 1.05. The number of aromatic nitrogens is 2. The summed E-state index contributed by atoms with van der Waals surface area (Å²) >= 11 is 2.21. The lowest BCUT2D eigenvalue weighted by molar-refractivity contribution is -0.133. The van der Waals surface area contributed by atoms with E-state index in [1.807, 2.05) is 4.68 Å². The second-order valence-electron chi connectivity index (χ2n) is 3.90. The molecule has 2 amide bonds. The van der Waals surface area contributed by atoms with Gasteiger partial charge in [0.2, 0.25) is 11.8 Å². The van der Waals surface area contributed by atoms with E-state index in [-0.39, 0.29) is 18.4 Å². The maximum Gasteiger partial charge on any atom is 0.243 e. The number of carbonyl (C=O) groups is 2. The van der Waals surface area contributed by atoms with Crippen LogP contribution in [-0.4, -0.2) is 39.6 Å². The van der Waals surface area contributed by atoms with E-state index in [0.29, 0.717) is 19.6 Å². The first-order valence-electron chi connectivity index (χ1n) is 5.50. The minimum absolute atomic E-state index is 0.00949. The Morgan fingerprint density at radius 2 is 2.33 bits per heavy atom. The van der Waals surface area contributed by atoms with E-state index in [4.69, 9.17) is 0 Å². The van der Waals surface area contributed by atoms with E-state index in [2.05, 4.69) is 39.6 Å². The highest BCUT2D eigenvalue weighted by atomic mass is 127. The molecule has 2 rings (SSSR count). The molecule has 6 nitrogen and oxygen atoms in total. The zero-order valence-electron chi connectivity index (χ0n) is 9.73. The summed E-state index contributed by atoms with van der Waals surface area (Å²) in [7, 11) is 0. The van der Waals surface area contributed by atoms with E-state index in [1.54, 1.807) is 11.1 Å². The number of nitrogens with zero attached hydrogens (tertiary/aromatic N) is 3. The average Bonchev–Trinajstić information content (AvgIpc) is 2.76. The maximum absolute atomic E-state index is 11.9. The topological polar surface area (TPSA) is 67.2 Å². The highest BCUT2D eigenvalue weighted by molar-refractivity contribution is 14.1. The zero-order chi connectivity index (χ0) is 13.1. The van der Waals surface area contributed by atoms with Gasteiger partial charge in [0.25, 0.3) is 0 Å². The molecule has 2 heterocycles. The molecule has 7 heteroatoms. The van der Waals surface area contributed by atoms with Crippen molar-refractivity contribution < 1.29 is 9.59 Å². The smallest absolute Gasteiger partial charge is 0.243 e. The molecule has 0 bridgehead atoms. The van der Waals surface area contributed by atoms with Crippen LogP contribution >= 0.6 is 22.6 Å². The second kappa shape index (κ2) is 5.51. The summed E-state index contributed by atoms with van der Waals surface area (Å²) in [6.07, 6.45) is 2.95. The Hall–Kier alpha value is -1.38. The molecule has 18 heavy (non-hydrogen) atoms. The molecule has 1 N–H and O–H groups in total. The fourth-order valence-electron chi connectivity index (χ4n) is 1.77. The fraction of sp³-hybridized carbons (Fsp3) is 0.364. The van der Waals surface area contributed by atoms with Crippen molar-refractivity contribution in [3.63, 3.8) is 0 Å². The van der Waals surface area contributed by atoms with Crippen molar-refractivity contribution in [2.24, 2.45) is 0 Å². The van der Waals surface area contributed by atoms with Crippen molar-refractivity contribution in [2.45, 2.75) is 13.1 Å². The monoisotopic (exact) mass is 360 g/mol. The largest absolute Gasteiger partial charge is 0.343 e. The third-order valence-corrected chi connectivity index (χ3v) is 3.67. The Morgan fingerprint density at radius 1 is 1.56 bits per heavy atom. The Kier molecular flexibility index (Phi) is 4.00. The summed E-state index contributed by atoms with van der Waals surface area (Å²) in [6.45, 7) is 5.20. The first-order valence-corrected chi connectivity index (χ1v) is 6.58. The van der Waals surface area contributed by atoms with E-state index in [0.717, 1.165) is 15.3 Å². The van der Waals surface area contributed by atoms with Crippen LogP contribution in [0.5, 0.6) is 0 Å². The Morgan fingerprint density at radius 3 is 3.06 bits per heavy atom. The Balaban J connectivity index is 1.96. The van der Waals surface area contributed by atoms with Crippen LogP contribution in [0.3, 0.4) is 0 Å². The van der Waals surface area contributed by atoms with Crippen LogP contribution in [0.4, 0.5) is 0 Å². The van der Waals surface area contributed by atoms with E-state index < -0.39 is 0 Å². The third-order valence-electron chi connectivity index (χ3n) is 2.77. The van der Waals surface area contributed by atoms with E-state index in [1.165, 1.54) is 0 Å². The van der Waals surface area contributed by atoms with Crippen LogP contribution in [0.25, 0.3) is 0 Å². The minimum Gasteiger partial charge on any atom is -0.343 e. The molecular weight excluding hydrogens is 347 g/mol. The molecule has 0 fully saturated rings. The zero-order valence-corrected chi connectivity index (χ0v) is 11.9. The summed E-state index contributed by atoms with van der Waals surface area (Å²) < 4.78 is 2.97. The number of nitrogens with one attached hydrogen (secondary N) is 1. The molecule has 0 aliphatic carbocycles. The Bertz CT molecular complexity index is 497. The van der Waals surface area contributed by atoms with E-state index in [9.17, 15) is 9.59 Å². The summed E-state index contributed by atoms with van der Waals surface area (Å²) in [5, 5.41) is 6.72. The first kappa shape index (κ1) is 13.1. The van der Waals surface area contributed by atoms with Gasteiger partial charge in [-0.15, -0.1) is 0 Å². The lowest BCUT2D eigenvalue weighted by atomic mass is 10.3. The van der Waals surface area contributed by atoms with Crippen molar-refractivity contribution >= 4 is 34.4 Å². The predicted molar refractivity (Wildman–Crippen MR) is 73.6 cm³/mol. The average molecular weight is 360 g/mol. The van der Waals surface area contributed by atoms with Gasteiger partial charge in [-0.3, -0.25) is 14.3 Å². The molecule has 0 atom stereocenters. The summed E-state index contributed by atoms with van der Waals surface area (Å²) in [6, 6.07) is 0. The Labute approximate surface area is 118 Å². The third kappa shape index (κ3) is 2.71. The van der Waals surface area contributed by atoms with Crippen LogP contribution in [-0.2, 0) is 22.7 Å². The number of carbonyl (C=O) groups excluding carboxylic acids is 2. The molecule has 1 aromatic heterocycles. The van der Waals surface area contributed by atoms with Gasteiger partial charge in [-0.1, -0.05) is 6.58 Å². The van der Waals surface area contributed by atoms with Crippen molar-refractivity contribution in [3.8, 4) is 0 Å². The van der Waals surface area contributed by atoms with Crippen molar-refractivity contribution in [1.29, 1.82) is 0 Å².